The van der Waals surface area contributed by atoms with Gasteiger partial charge in [0.05, 0.1) is 0 Å². The number of amides is 1. The molecular formula is C13H25N3O. The first-order valence-corrected chi connectivity index (χ1v) is 7.02. The molecule has 17 heavy (non-hydrogen) atoms. The number of nitrogens with zero attached hydrogens (tertiary/aromatic N) is 3. The zero-order chi connectivity index (χ0) is 12.1. The lowest BCUT2D eigenvalue weighted by atomic mass is 10.2. The first-order chi connectivity index (χ1) is 8.29. The molecule has 0 N–H and O–H groups in total. The van der Waals surface area contributed by atoms with Crippen LogP contribution in [0.15, 0.2) is 0 Å². The van der Waals surface area contributed by atoms with E-state index in [0.29, 0.717) is 12.3 Å². The van der Waals surface area contributed by atoms with Gasteiger partial charge in [-0.25, -0.2) is 0 Å². The Morgan fingerprint density at radius 2 is 1.59 bits per heavy atom. The Morgan fingerprint density at radius 3 is 2.18 bits per heavy atom. The van der Waals surface area contributed by atoms with Gasteiger partial charge in [-0.15, -0.1) is 0 Å². The number of hydrogen-bond acceptors (Lipinski definition) is 3. The number of piperazine rings is 1. The van der Waals surface area contributed by atoms with Crippen molar-refractivity contribution >= 4 is 5.91 Å². The van der Waals surface area contributed by atoms with Crippen LogP contribution in [0.25, 0.3) is 0 Å². The van der Waals surface area contributed by atoms with Crippen molar-refractivity contribution in [2.75, 3.05) is 52.4 Å². The van der Waals surface area contributed by atoms with Crippen molar-refractivity contribution in [3.8, 4) is 0 Å². The highest BCUT2D eigenvalue weighted by Gasteiger charge is 2.21. The van der Waals surface area contributed by atoms with Gasteiger partial charge >= 0.3 is 0 Å². The van der Waals surface area contributed by atoms with Crippen LogP contribution >= 0.6 is 0 Å². The van der Waals surface area contributed by atoms with E-state index in [0.717, 1.165) is 39.3 Å². The quantitative estimate of drug-likeness (QED) is 0.720. The van der Waals surface area contributed by atoms with Gasteiger partial charge < -0.3 is 14.7 Å². The van der Waals surface area contributed by atoms with E-state index in [1.807, 2.05) is 4.90 Å². The van der Waals surface area contributed by atoms with Gasteiger partial charge in [0, 0.05) is 39.1 Å². The molecule has 2 heterocycles. The molecule has 2 aliphatic heterocycles. The molecule has 0 radical (unpaired) electrons. The third-order valence-electron chi connectivity index (χ3n) is 4.01. The predicted octanol–water partition coefficient (Wildman–Crippen LogP) is 0.636. The summed E-state index contributed by atoms with van der Waals surface area (Å²) in [6.45, 7) is 10.6. The van der Waals surface area contributed by atoms with E-state index in [9.17, 15) is 4.79 Å². The maximum absolute atomic E-state index is 12.0. The van der Waals surface area contributed by atoms with Crippen molar-refractivity contribution < 1.29 is 4.79 Å². The predicted molar refractivity (Wildman–Crippen MR) is 69.0 cm³/mol. The number of rotatable bonds is 4. The third-order valence-corrected chi connectivity index (χ3v) is 4.01. The molecule has 0 unspecified atom stereocenters. The molecule has 98 valence electrons. The number of carbonyl (C=O) groups is 1. The summed E-state index contributed by atoms with van der Waals surface area (Å²) in [5.74, 6) is 0.354. The second-order valence-electron chi connectivity index (χ2n) is 5.11. The number of hydrogen-bond donors (Lipinski definition) is 0. The standard InChI is InChI=1S/C13H25N3O/c1-2-14-9-11-16(12-10-14)13(17)5-8-15-6-3-4-7-15/h2-12H2,1H3. The molecule has 2 fully saturated rings. The molecule has 0 bridgehead atoms. The Labute approximate surface area is 105 Å². The van der Waals surface area contributed by atoms with Gasteiger partial charge in [0.15, 0.2) is 0 Å². The summed E-state index contributed by atoms with van der Waals surface area (Å²) in [5.41, 5.74) is 0. The van der Waals surface area contributed by atoms with Crippen LogP contribution in [0.1, 0.15) is 26.2 Å². The lowest BCUT2D eigenvalue weighted by molar-refractivity contribution is -0.133. The van der Waals surface area contributed by atoms with Gasteiger partial charge in [0.2, 0.25) is 5.91 Å². The zero-order valence-electron chi connectivity index (χ0n) is 11.0. The second-order valence-corrected chi connectivity index (χ2v) is 5.11. The fourth-order valence-electron chi connectivity index (χ4n) is 2.73. The largest absolute Gasteiger partial charge is 0.340 e. The molecule has 1 amide bonds. The van der Waals surface area contributed by atoms with Crippen LogP contribution in [0.3, 0.4) is 0 Å². The van der Waals surface area contributed by atoms with E-state index < -0.39 is 0 Å². The molecule has 0 aromatic heterocycles. The minimum Gasteiger partial charge on any atom is -0.340 e. The van der Waals surface area contributed by atoms with Gasteiger partial charge in [-0.2, -0.15) is 0 Å². The number of likely N-dealkylation sites (tertiary alicyclic amines) is 1. The normalized spacial score (nSPS) is 23.2. The average molecular weight is 239 g/mol. The molecule has 4 heteroatoms. The van der Waals surface area contributed by atoms with Crippen LogP contribution in [0, 0.1) is 0 Å². The van der Waals surface area contributed by atoms with Crippen molar-refractivity contribution in [1.82, 2.24) is 14.7 Å². The molecule has 0 saturated carbocycles. The van der Waals surface area contributed by atoms with Crippen LogP contribution in [-0.4, -0.2) is 73.0 Å². The van der Waals surface area contributed by atoms with Crippen molar-refractivity contribution in [3.05, 3.63) is 0 Å². The Kier molecular flexibility index (Phi) is 4.80. The van der Waals surface area contributed by atoms with Crippen molar-refractivity contribution in [1.29, 1.82) is 0 Å². The lowest BCUT2D eigenvalue weighted by Gasteiger charge is -2.34. The molecule has 0 aromatic carbocycles. The number of carbonyl (C=O) groups excluding carboxylic acids is 1. The monoisotopic (exact) mass is 239 g/mol. The van der Waals surface area contributed by atoms with E-state index in [1.54, 1.807) is 0 Å². The lowest BCUT2D eigenvalue weighted by Crippen LogP contribution is -2.48. The molecule has 0 atom stereocenters. The van der Waals surface area contributed by atoms with Crippen LogP contribution in [0.2, 0.25) is 0 Å². The van der Waals surface area contributed by atoms with Gasteiger partial charge in [0.25, 0.3) is 0 Å². The number of likely N-dealkylation sites (N-methyl/N-ethyl adjacent to an activating group) is 1. The molecule has 4 nitrogen and oxygen atoms in total. The average Bonchev–Trinajstić information content (AvgIpc) is 2.89. The van der Waals surface area contributed by atoms with Gasteiger partial charge in [-0.1, -0.05) is 6.92 Å². The van der Waals surface area contributed by atoms with Crippen LogP contribution in [0.5, 0.6) is 0 Å². The molecule has 0 aliphatic carbocycles. The Hall–Kier alpha value is -0.610. The van der Waals surface area contributed by atoms with E-state index in [1.165, 1.54) is 25.9 Å². The topological polar surface area (TPSA) is 26.8 Å². The Morgan fingerprint density at radius 1 is 0.941 bits per heavy atom. The summed E-state index contributed by atoms with van der Waals surface area (Å²) in [6.07, 6.45) is 3.33. The van der Waals surface area contributed by atoms with Gasteiger partial charge in [-0.3, -0.25) is 4.79 Å². The van der Waals surface area contributed by atoms with Crippen LogP contribution < -0.4 is 0 Å². The molecular weight excluding hydrogens is 214 g/mol. The molecule has 2 aliphatic rings. The molecule has 0 aromatic rings. The molecule has 2 rings (SSSR count). The van der Waals surface area contributed by atoms with E-state index in [-0.39, 0.29) is 0 Å². The first-order valence-electron chi connectivity index (χ1n) is 7.02. The van der Waals surface area contributed by atoms with Gasteiger partial charge in [-0.05, 0) is 32.5 Å². The highest BCUT2D eigenvalue weighted by atomic mass is 16.2. The maximum atomic E-state index is 12.0. The van der Waals surface area contributed by atoms with Crippen LogP contribution in [0.4, 0.5) is 0 Å². The Balaban J connectivity index is 1.66. The summed E-state index contributed by atoms with van der Waals surface area (Å²) >= 11 is 0. The van der Waals surface area contributed by atoms with E-state index in [2.05, 4.69) is 16.7 Å². The van der Waals surface area contributed by atoms with Crippen molar-refractivity contribution in [2.24, 2.45) is 0 Å². The fourth-order valence-corrected chi connectivity index (χ4v) is 2.73. The minimum absolute atomic E-state index is 0.354. The molecule has 2 saturated heterocycles. The smallest absolute Gasteiger partial charge is 0.223 e. The second kappa shape index (κ2) is 6.36. The zero-order valence-corrected chi connectivity index (χ0v) is 11.0. The summed E-state index contributed by atoms with van der Waals surface area (Å²) in [5, 5.41) is 0. The van der Waals surface area contributed by atoms with Crippen LogP contribution in [-0.2, 0) is 4.79 Å². The summed E-state index contributed by atoms with van der Waals surface area (Å²) in [7, 11) is 0. The summed E-state index contributed by atoms with van der Waals surface area (Å²) in [6, 6.07) is 0. The van der Waals surface area contributed by atoms with Crippen molar-refractivity contribution in [3.63, 3.8) is 0 Å². The summed E-state index contributed by atoms with van der Waals surface area (Å²) < 4.78 is 0. The third kappa shape index (κ3) is 3.68. The SMILES string of the molecule is CCN1CCN(C(=O)CCN2CCCC2)CC1. The highest BCUT2D eigenvalue weighted by molar-refractivity contribution is 5.76. The summed E-state index contributed by atoms with van der Waals surface area (Å²) in [4.78, 5) is 18.9. The van der Waals surface area contributed by atoms with Gasteiger partial charge in [0.1, 0.15) is 0 Å². The van der Waals surface area contributed by atoms with Crippen molar-refractivity contribution in [2.45, 2.75) is 26.2 Å². The van der Waals surface area contributed by atoms with E-state index in [4.69, 9.17) is 0 Å². The van der Waals surface area contributed by atoms with E-state index >= 15 is 0 Å². The minimum atomic E-state index is 0.354. The first kappa shape index (κ1) is 12.8. The molecule has 0 spiro atoms. The Bertz CT molecular complexity index is 243. The highest BCUT2D eigenvalue weighted by Crippen LogP contribution is 2.09. The maximum Gasteiger partial charge on any atom is 0.223 e. The fraction of sp³-hybridized carbons (Fsp3) is 0.923.